The fourth-order valence-electron chi connectivity index (χ4n) is 0.917. The predicted molar refractivity (Wildman–Crippen MR) is 53.9 cm³/mol. The number of carbonyl (C=O) groups excluding carboxylic acids is 1. The highest BCUT2D eigenvalue weighted by Crippen LogP contribution is 2.11. The molecule has 4 heteroatoms. The van der Waals surface area contributed by atoms with Crippen molar-refractivity contribution in [2.75, 3.05) is 0 Å². The average Bonchev–Trinajstić information content (AvgIpc) is 2.14. The second-order valence-electron chi connectivity index (χ2n) is 3.73. The lowest BCUT2D eigenvalue weighted by atomic mass is 9.95. The number of aliphatic carboxylic acids is 1. The smallest absolute Gasteiger partial charge is 0.307 e. The Balaban J connectivity index is 4.18. The van der Waals surface area contributed by atoms with Gasteiger partial charge in [-0.15, -0.1) is 0 Å². The van der Waals surface area contributed by atoms with E-state index in [4.69, 9.17) is 5.11 Å². The van der Waals surface area contributed by atoms with Crippen LogP contribution in [0.15, 0.2) is 0 Å². The number of carboxylic acid groups (broad SMARTS) is 1. The van der Waals surface area contributed by atoms with Crippen molar-refractivity contribution in [2.45, 2.75) is 40.2 Å². The fraction of sp³-hybridized carbons (Fsp3) is 0.800. The Hall–Kier alpha value is -1.06. The topological polar surface area (TPSA) is 66.4 Å². The SMILES string of the molecule is CCC(C)NC(=O)C(C)C(C)C(=O)O. The number of carboxylic acids is 1. The molecule has 0 aromatic heterocycles. The molecule has 3 unspecified atom stereocenters. The summed E-state index contributed by atoms with van der Waals surface area (Å²) in [4.78, 5) is 22.1. The standard InChI is InChI=1S/C10H19NO3/c1-5-6(2)11-9(12)7(3)8(4)10(13)14/h6-8H,5H2,1-4H3,(H,11,12)(H,13,14). The van der Waals surface area contributed by atoms with E-state index in [-0.39, 0.29) is 11.9 Å². The van der Waals surface area contributed by atoms with Crippen LogP contribution in [0, 0.1) is 11.8 Å². The van der Waals surface area contributed by atoms with E-state index in [1.165, 1.54) is 0 Å². The zero-order chi connectivity index (χ0) is 11.3. The lowest BCUT2D eigenvalue weighted by molar-refractivity contribution is -0.146. The quantitative estimate of drug-likeness (QED) is 0.703. The largest absolute Gasteiger partial charge is 0.481 e. The highest BCUT2D eigenvalue weighted by atomic mass is 16.4. The Labute approximate surface area is 84.7 Å². The molecule has 2 N–H and O–H groups in total. The van der Waals surface area contributed by atoms with Crippen molar-refractivity contribution in [1.82, 2.24) is 5.32 Å². The van der Waals surface area contributed by atoms with Gasteiger partial charge in [-0.05, 0) is 13.3 Å². The first-order valence-electron chi connectivity index (χ1n) is 4.93. The number of hydrogen-bond acceptors (Lipinski definition) is 2. The van der Waals surface area contributed by atoms with E-state index in [2.05, 4.69) is 5.32 Å². The van der Waals surface area contributed by atoms with Crippen molar-refractivity contribution in [3.63, 3.8) is 0 Å². The molecule has 0 radical (unpaired) electrons. The van der Waals surface area contributed by atoms with E-state index in [0.717, 1.165) is 6.42 Å². The highest BCUT2D eigenvalue weighted by Gasteiger charge is 2.25. The summed E-state index contributed by atoms with van der Waals surface area (Å²) in [6, 6.07) is 0.103. The van der Waals surface area contributed by atoms with Crippen LogP contribution < -0.4 is 5.32 Å². The Morgan fingerprint density at radius 2 is 1.71 bits per heavy atom. The number of carbonyl (C=O) groups is 2. The molecule has 0 aliphatic rings. The van der Waals surface area contributed by atoms with Gasteiger partial charge < -0.3 is 10.4 Å². The van der Waals surface area contributed by atoms with Crippen LogP contribution in [-0.2, 0) is 9.59 Å². The fourth-order valence-corrected chi connectivity index (χ4v) is 0.917. The molecule has 4 nitrogen and oxygen atoms in total. The van der Waals surface area contributed by atoms with Gasteiger partial charge in [-0.25, -0.2) is 0 Å². The van der Waals surface area contributed by atoms with E-state index >= 15 is 0 Å². The van der Waals surface area contributed by atoms with Gasteiger partial charge in [0.2, 0.25) is 5.91 Å². The van der Waals surface area contributed by atoms with Crippen LogP contribution in [0.3, 0.4) is 0 Å². The molecular formula is C10H19NO3. The minimum Gasteiger partial charge on any atom is -0.481 e. The summed E-state index contributed by atoms with van der Waals surface area (Å²) in [6.07, 6.45) is 0.847. The Bertz CT molecular complexity index is 215. The molecule has 0 aliphatic carbocycles. The first kappa shape index (κ1) is 12.9. The van der Waals surface area contributed by atoms with E-state index in [0.29, 0.717) is 0 Å². The van der Waals surface area contributed by atoms with Crippen LogP contribution in [0.25, 0.3) is 0 Å². The molecule has 0 saturated carbocycles. The van der Waals surface area contributed by atoms with Crippen molar-refractivity contribution in [1.29, 1.82) is 0 Å². The van der Waals surface area contributed by atoms with Crippen LogP contribution in [0.4, 0.5) is 0 Å². The lowest BCUT2D eigenvalue weighted by Crippen LogP contribution is -2.39. The molecule has 0 aromatic carbocycles. The molecule has 0 spiro atoms. The summed E-state index contributed by atoms with van der Waals surface area (Å²) in [7, 11) is 0. The summed E-state index contributed by atoms with van der Waals surface area (Å²) >= 11 is 0. The first-order valence-corrected chi connectivity index (χ1v) is 4.93. The molecule has 3 atom stereocenters. The van der Waals surface area contributed by atoms with Gasteiger partial charge in [-0.3, -0.25) is 9.59 Å². The maximum absolute atomic E-state index is 11.5. The van der Waals surface area contributed by atoms with E-state index < -0.39 is 17.8 Å². The summed E-state index contributed by atoms with van der Waals surface area (Å²) in [5, 5.41) is 11.5. The van der Waals surface area contributed by atoms with Crippen LogP contribution in [0.2, 0.25) is 0 Å². The maximum atomic E-state index is 11.5. The first-order chi connectivity index (χ1) is 6.40. The molecule has 82 valence electrons. The van der Waals surface area contributed by atoms with Crippen LogP contribution in [0.1, 0.15) is 34.1 Å². The predicted octanol–water partition coefficient (Wildman–Crippen LogP) is 1.26. The minimum absolute atomic E-state index is 0.103. The second-order valence-corrected chi connectivity index (χ2v) is 3.73. The lowest BCUT2D eigenvalue weighted by Gasteiger charge is -2.18. The molecule has 0 bridgehead atoms. The molecule has 0 aromatic rings. The zero-order valence-corrected chi connectivity index (χ0v) is 9.20. The summed E-state index contributed by atoms with van der Waals surface area (Å²) in [6.45, 7) is 7.05. The number of rotatable bonds is 5. The Morgan fingerprint density at radius 1 is 1.21 bits per heavy atom. The van der Waals surface area contributed by atoms with Crippen molar-refractivity contribution < 1.29 is 14.7 Å². The van der Waals surface area contributed by atoms with E-state index in [1.807, 2.05) is 13.8 Å². The van der Waals surface area contributed by atoms with E-state index in [1.54, 1.807) is 13.8 Å². The molecule has 1 amide bonds. The van der Waals surface area contributed by atoms with Gasteiger partial charge in [0.15, 0.2) is 0 Å². The van der Waals surface area contributed by atoms with Gasteiger partial charge in [-0.1, -0.05) is 20.8 Å². The monoisotopic (exact) mass is 201 g/mol. The van der Waals surface area contributed by atoms with Gasteiger partial charge in [0.05, 0.1) is 5.92 Å². The van der Waals surface area contributed by atoms with Crippen molar-refractivity contribution in [3.8, 4) is 0 Å². The van der Waals surface area contributed by atoms with Crippen LogP contribution in [0.5, 0.6) is 0 Å². The summed E-state index contributed by atoms with van der Waals surface area (Å²) in [5.74, 6) is -2.24. The van der Waals surface area contributed by atoms with E-state index in [9.17, 15) is 9.59 Å². The molecule has 0 fully saturated rings. The molecule has 0 aliphatic heterocycles. The molecular weight excluding hydrogens is 182 g/mol. The highest BCUT2D eigenvalue weighted by molar-refractivity contribution is 5.84. The normalized spacial score (nSPS) is 16.9. The van der Waals surface area contributed by atoms with Gasteiger partial charge >= 0.3 is 5.97 Å². The molecule has 0 saturated heterocycles. The maximum Gasteiger partial charge on any atom is 0.307 e. The van der Waals surface area contributed by atoms with Gasteiger partial charge in [0, 0.05) is 12.0 Å². The van der Waals surface area contributed by atoms with Crippen molar-refractivity contribution in [2.24, 2.45) is 11.8 Å². The molecule has 14 heavy (non-hydrogen) atoms. The van der Waals surface area contributed by atoms with Crippen LogP contribution in [-0.4, -0.2) is 23.0 Å². The Kier molecular flexibility index (Phi) is 5.20. The molecule has 0 rings (SSSR count). The Morgan fingerprint density at radius 3 is 2.07 bits per heavy atom. The number of hydrogen-bond donors (Lipinski definition) is 2. The zero-order valence-electron chi connectivity index (χ0n) is 9.20. The summed E-state index contributed by atoms with van der Waals surface area (Å²) < 4.78 is 0. The van der Waals surface area contributed by atoms with Gasteiger partial charge in [0.1, 0.15) is 0 Å². The average molecular weight is 201 g/mol. The van der Waals surface area contributed by atoms with Gasteiger partial charge in [-0.2, -0.15) is 0 Å². The third kappa shape index (κ3) is 3.77. The summed E-state index contributed by atoms with van der Waals surface area (Å²) in [5.41, 5.74) is 0. The molecule has 0 heterocycles. The third-order valence-electron chi connectivity index (χ3n) is 2.55. The third-order valence-corrected chi connectivity index (χ3v) is 2.55. The van der Waals surface area contributed by atoms with Crippen molar-refractivity contribution in [3.05, 3.63) is 0 Å². The van der Waals surface area contributed by atoms with Crippen molar-refractivity contribution >= 4 is 11.9 Å². The second kappa shape index (κ2) is 5.62. The number of nitrogens with one attached hydrogen (secondary N) is 1. The van der Waals surface area contributed by atoms with Crippen LogP contribution >= 0.6 is 0 Å². The van der Waals surface area contributed by atoms with Gasteiger partial charge in [0.25, 0.3) is 0 Å². The minimum atomic E-state index is -0.934. The number of amides is 1.